The quantitative estimate of drug-likeness (QED) is 0.883. The molecule has 1 N–H and O–H groups in total. The third kappa shape index (κ3) is 3.03. The fourth-order valence-corrected chi connectivity index (χ4v) is 2.41. The Hall–Kier alpha value is -1.51. The van der Waals surface area contributed by atoms with E-state index in [0.29, 0.717) is 6.42 Å². The van der Waals surface area contributed by atoms with Crippen LogP contribution in [-0.4, -0.2) is 19.0 Å². The highest BCUT2D eigenvalue weighted by atomic mass is 16.1. The van der Waals surface area contributed by atoms with Crippen molar-refractivity contribution in [3.8, 4) is 0 Å². The molecule has 0 aliphatic carbocycles. The molecule has 1 heterocycles. The van der Waals surface area contributed by atoms with E-state index in [0.717, 1.165) is 25.2 Å². The van der Waals surface area contributed by atoms with Gasteiger partial charge in [-0.2, -0.15) is 0 Å². The number of benzene rings is 1. The topological polar surface area (TPSA) is 32.3 Å². The predicted octanol–water partition coefficient (Wildman–Crippen LogP) is 3.33. The molecular formula is C15H22N2O. The number of hydrogen-bond donors (Lipinski definition) is 1. The maximum atomic E-state index is 11.7. The number of aryl methyl sites for hydroxylation is 1. The van der Waals surface area contributed by atoms with Crippen LogP contribution >= 0.6 is 0 Å². The van der Waals surface area contributed by atoms with Crippen molar-refractivity contribution in [2.45, 2.75) is 39.5 Å². The number of carbonyl (C=O) groups excluding carboxylic acids is 1. The normalized spacial score (nSPS) is 14.9. The van der Waals surface area contributed by atoms with Gasteiger partial charge in [0.2, 0.25) is 5.91 Å². The summed E-state index contributed by atoms with van der Waals surface area (Å²) in [5, 5.41) is 3.03. The van der Waals surface area contributed by atoms with E-state index in [-0.39, 0.29) is 5.91 Å². The Morgan fingerprint density at radius 3 is 2.72 bits per heavy atom. The van der Waals surface area contributed by atoms with E-state index in [9.17, 15) is 4.79 Å². The zero-order valence-corrected chi connectivity index (χ0v) is 11.3. The number of carbonyl (C=O) groups is 1. The van der Waals surface area contributed by atoms with Crippen LogP contribution < -0.4 is 10.2 Å². The summed E-state index contributed by atoms with van der Waals surface area (Å²) in [6.07, 6.45) is 3.97. The van der Waals surface area contributed by atoms with Gasteiger partial charge >= 0.3 is 0 Å². The van der Waals surface area contributed by atoms with E-state index >= 15 is 0 Å². The lowest BCUT2D eigenvalue weighted by Gasteiger charge is -2.22. The molecule has 1 aromatic carbocycles. The van der Waals surface area contributed by atoms with Gasteiger partial charge in [-0.1, -0.05) is 13.0 Å². The molecule has 0 spiro atoms. The van der Waals surface area contributed by atoms with Crippen molar-refractivity contribution in [3.05, 3.63) is 23.8 Å². The average molecular weight is 246 g/mol. The summed E-state index contributed by atoms with van der Waals surface area (Å²) >= 11 is 0. The van der Waals surface area contributed by atoms with Gasteiger partial charge in [0.1, 0.15) is 0 Å². The van der Waals surface area contributed by atoms with Crippen LogP contribution in [0.5, 0.6) is 0 Å². The summed E-state index contributed by atoms with van der Waals surface area (Å²) in [4.78, 5) is 14.1. The Bertz CT molecular complexity index is 423. The summed E-state index contributed by atoms with van der Waals surface area (Å²) in [5.74, 6) is 0.113. The van der Waals surface area contributed by atoms with Gasteiger partial charge in [-0.25, -0.2) is 0 Å². The number of nitrogens with zero attached hydrogens (tertiary/aromatic N) is 1. The number of hydrogen-bond acceptors (Lipinski definition) is 2. The van der Waals surface area contributed by atoms with Crippen LogP contribution in [0.4, 0.5) is 11.4 Å². The molecule has 98 valence electrons. The van der Waals surface area contributed by atoms with Crippen LogP contribution in [0.15, 0.2) is 18.2 Å². The lowest BCUT2D eigenvalue weighted by atomic mass is 10.1. The first-order chi connectivity index (χ1) is 8.70. The minimum absolute atomic E-state index is 0.113. The molecule has 1 aliphatic rings. The fourth-order valence-electron chi connectivity index (χ4n) is 2.41. The van der Waals surface area contributed by atoms with E-state index in [1.54, 1.807) is 0 Å². The third-order valence-electron chi connectivity index (χ3n) is 3.35. The smallest absolute Gasteiger partial charge is 0.224 e. The maximum Gasteiger partial charge on any atom is 0.224 e. The lowest BCUT2D eigenvalue weighted by molar-refractivity contribution is -0.116. The molecular weight excluding hydrogens is 224 g/mol. The highest BCUT2D eigenvalue weighted by Crippen LogP contribution is 2.30. The van der Waals surface area contributed by atoms with Gasteiger partial charge in [-0.05, 0) is 43.9 Å². The van der Waals surface area contributed by atoms with Crippen molar-refractivity contribution in [3.63, 3.8) is 0 Å². The molecule has 0 aromatic heterocycles. The molecule has 18 heavy (non-hydrogen) atoms. The number of amides is 1. The van der Waals surface area contributed by atoms with Gasteiger partial charge < -0.3 is 10.2 Å². The Morgan fingerprint density at radius 1 is 1.33 bits per heavy atom. The molecule has 1 fully saturated rings. The van der Waals surface area contributed by atoms with Crippen molar-refractivity contribution in [2.24, 2.45) is 0 Å². The number of rotatable bonds is 4. The highest BCUT2D eigenvalue weighted by Gasteiger charge is 2.16. The predicted molar refractivity (Wildman–Crippen MR) is 76.2 cm³/mol. The minimum Gasteiger partial charge on any atom is -0.370 e. The first kappa shape index (κ1) is 12.9. The zero-order valence-electron chi connectivity index (χ0n) is 11.3. The lowest BCUT2D eigenvalue weighted by Crippen LogP contribution is -2.21. The van der Waals surface area contributed by atoms with Crippen molar-refractivity contribution < 1.29 is 4.79 Å². The molecule has 3 heteroatoms. The van der Waals surface area contributed by atoms with Gasteiger partial charge in [0.05, 0.1) is 11.4 Å². The molecule has 1 amide bonds. The zero-order chi connectivity index (χ0) is 13.0. The van der Waals surface area contributed by atoms with Crippen LogP contribution in [0.25, 0.3) is 0 Å². The summed E-state index contributed by atoms with van der Waals surface area (Å²) < 4.78 is 0. The van der Waals surface area contributed by atoms with Crippen molar-refractivity contribution in [1.82, 2.24) is 0 Å². The van der Waals surface area contributed by atoms with Crippen molar-refractivity contribution >= 4 is 17.3 Å². The van der Waals surface area contributed by atoms with Crippen molar-refractivity contribution in [2.75, 3.05) is 23.3 Å². The molecule has 0 atom stereocenters. The second-order valence-corrected chi connectivity index (χ2v) is 5.01. The number of nitrogens with one attached hydrogen (secondary N) is 1. The van der Waals surface area contributed by atoms with Crippen molar-refractivity contribution in [1.29, 1.82) is 0 Å². The molecule has 0 radical (unpaired) electrons. The SMILES string of the molecule is CCCC(=O)Nc1ccc(C)cc1N1CCCC1. The highest BCUT2D eigenvalue weighted by molar-refractivity contribution is 5.94. The maximum absolute atomic E-state index is 11.7. The molecule has 1 aromatic rings. The van der Waals surface area contributed by atoms with Crippen LogP contribution in [0.1, 0.15) is 38.2 Å². The summed E-state index contributed by atoms with van der Waals surface area (Å²) in [5.41, 5.74) is 3.38. The van der Waals surface area contributed by atoms with Gasteiger partial charge in [0.25, 0.3) is 0 Å². The van der Waals surface area contributed by atoms with E-state index in [4.69, 9.17) is 0 Å². The molecule has 1 saturated heterocycles. The second-order valence-electron chi connectivity index (χ2n) is 5.01. The summed E-state index contributed by atoms with van der Waals surface area (Å²) in [6, 6.07) is 6.25. The van der Waals surface area contributed by atoms with Crippen LogP contribution in [-0.2, 0) is 4.79 Å². The summed E-state index contributed by atoms with van der Waals surface area (Å²) in [6.45, 7) is 6.31. The standard InChI is InChI=1S/C15H22N2O/c1-3-6-15(18)16-13-8-7-12(2)11-14(13)17-9-4-5-10-17/h7-8,11H,3-6,9-10H2,1-2H3,(H,16,18). The molecule has 0 saturated carbocycles. The van der Waals surface area contributed by atoms with Gasteiger partial charge in [0, 0.05) is 19.5 Å². The molecule has 0 unspecified atom stereocenters. The van der Waals surface area contributed by atoms with E-state index in [1.165, 1.54) is 24.1 Å². The number of anilines is 2. The first-order valence-electron chi connectivity index (χ1n) is 6.86. The molecule has 3 nitrogen and oxygen atoms in total. The van der Waals surface area contributed by atoms with E-state index in [2.05, 4.69) is 29.3 Å². The van der Waals surface area contributed by atoms with Gasteiger partial charge in [-0.15, -0.1) is 0 Å². The van der Waals surface area contributed by atoms with Crippen LogP contribution in [0, 0.1) is 6.92 Å². The minimum atomic E-state index is 0.113. The van der Waals surface area contributed by atoms with Gasteiger partial charge in [-0.3, -0.25) is 4.79 Å². The van der Waals surface area contributed by atoms with Crippen LogP contribution in [0.3, 0.4) is 0 Å². The fraction of sp³-hybridized carbons (Fsp3) is 0.533. The molecule has 0 bridgehead atoms. The molecule has 1 aliphatic heterocycles. The largest absolute Gasteiger partial charge is 0.370 e. The second kappa shape index (κ2) is 5.89. The first-order valence-corrected chi connectivity index (χ1v) is 6.86. The Morgan fingerprint density at radius 2 is 2.06 bits per heavy atom. The Kier molecular flexibility index (Phi) is 4.24. The van der Waals surface area contributed by atoms with E-state index < -0.39 is 0 Å². The van der Waals surface area contributed by atoms with Crippen LogP contribution in [0.2, 0.25) is 0 Å². The summed E-state index contributed by atoms with van der Waals surface area (Å²) in [7, 11) is 0. The average Bonchev–Trinajstić information content (AvgIpc) is 2.85. The van der Waals surface area contributed by atoms with E-state index in [1.807, 2.05) is 13.0 Å². The Labute approximate surface area is 109 Å². The Balaban J connectivity index is 2.20. The molecule has 2 rings (SSSR count). The monoisotopic (exact) mass is 246 g/mol. The van der Waals surface area contributed by atoms with Gasteiger partial charge in [0.15, 0.2) is 0 Å². The third-order valence-corrected chi connectivity index (χ3v) is 3.35.